The fourth-order valence-corrected chi connectivity index (χ4v) is 3.04. The maximum atomic E-state index is 4.64. The van der Waals surface area contributed by atoms with Crippen LogP contribution in [0, 0.1) is 6.92 Å². The molecule has 0 aliphatic heterocycles. The number of pyridine rings is 1. The summed E-state index contributed by atoms with van der Waals surface area (Å²) in [6, 6.07) is 8.69. The molecule has 0 amide bonds. The molecule has 0 radical (unpaired) electrons. The van der Waals surface area contributed by atoms with E-state index in [0.717, 1.165) is 24.1 Å². The Balaban J connectivity index is 2.23. The van der Waals surface area contributed by atoms with Gasteiger partial charge in [-0.3, -0.25) is 4.98 Å². The van der Waals surface area contributed by atoms with Crippen molar-refractivity contribution in [2.45, 2.75) is 19.8 Å². The molecule has 0 atom stereocenters. The third-order valence-electron chi connectivity index (χ3n) is 3.70. The highest BCUT2D eigenvalue weighted by Gasteiger charge is 2.25. The van der Waals surface area contributed by atoms with E-state index < -0.39 is 0 Å². The first-order chi connectivity index (χ1) is 8.34. The van der Waals surface area contributed by atoms with E-state index in [2.05, 4.69) is 48.3 Å². The van der Waals surface area contributed by atoms with Gasteiger partial charge in [-0.1, -0.05) is 24.3 Å². The van der Waals surface area contributed by atoms with Crippen LogP contribution in [0.15, 0.2) is 36.4 Å². The molecule has 1 aromatic carbocycles. The number of rotatable bonds is 0. The predicted octanol–water partition coefficient (Wildman–Crippen LogP) is 4.12. The first-order valence-corrected chi connectivity index (χ1v) is 6.16. The minimum atomic E-state index is 1.11. The van der Waals surface area contributed by atoms with E-state index in [0.29, 0.717) is 0 Å². The van der Waals surface area contributed by atoms with E-state index >= 15 is 0 Å². The molecular weight excluding hydrogens is 206 g/mol. The van der Waals surface area contributed by atoms with Crippen molar-refractivity contribution in [3.63, 3.8) is 0 Å². The second-order valence-corrected chi connectivity index (χ2v) is 4.82. The SMILES string of the molecule is Cc1cc2c3c(cccc3n1)C1=CCCC=C12. The summed E-state index contributed by atoms with van der Waals surface area (Å²) in [5, 5.41) is 1.34. The summed E-state index contributed by atoms with van der Waals surface area (Å²) in [5.41, 5.74) is 7.84. The normalized spacial score (nSPS) is 16.8. The molecule has 4 rings (SSSR count). The van der Waals surface area contributed by atoms with Crippen molar-refractivity contribution >= 4 is 22.0 Å². The highest BCUT2D eigenvalue weighted by molar-refractivity contribution is 6.21. The summed E-state index contributed by atoms with van der Waals surface area (Å²) >= 11 is 0. The van der Waals surface area contributed by atoms with Crippen LogP contribution < -0.4 is 0 Å². The Hall–Kier alpha value is -1.89. The maximum absolute atomic E-state index is 4.64. The van der Waals surface area contributed by atoms with Crippen molar-refractivity contribution in [2.75, 3.05) is 0 Å². The molecule has 1 heterocycles. The molecular formula is C16H13N. The van der Waals surface area contributed by atoms with Gasteiger partial charge in [-0.05, 0) is 54.2 Å². The summed E-state index contributed by atoms with van der Waals surface area (Å²) in [6.07, 6.45) is 7.08. The van der Waals surface area contributed by atoms with Crippen LogP contribution >= 0.6 is 0 Å². The number of aromatic nitrogens is 1. The second kappa shape index (κ2) is 3.07. The first kappa shape index (κ1) is 9.17. The molecule has 17 heavy (non-hydrogen) atoms. The van der Waals surface area contributed by atoms with Crippen molar-refractivity contribution in [2.24, 2.45) is 0 Å². The zero-order chi connectivity index (χ0) is 11.4. The molecule has 1 nitrogen and oxygen atoms in total. The zero-order valence-electron chi connectivity index (χ0n) is 9.83. The zero-order valence-corrected chi connectivity index (χ0v) is 9.83. The van der Waals surface area contributed by atoms with Crippen LogP contribution in [0.5, 0.6) is 0 Å². The van der Waals surface area contributed by atoms with Crippen LogP contribution in [-0.2, 0) is 0 Å². The molecule has 0 N–H and O–H groups in total. The molecule has 0 saturated carbocycles. The summed E-state index contributed by atoms with van der Waals surface area (Å²) in [6.45, 7) is 2.08. The molecule has 1 heteroatoms. The van der Waals surface area contributed by atoms with Crippen LogP contribution in [0.3, 0.4) is 0 Å². The Bertz CT molecular complexity index is 705. The Morgan fingerprint density at radius 2 is 1.76 bits per heavy atom. The quantitative estimate of drug-likeness (QED) is 0.649. The molecule has 0 fully saturated rings. The number of aryl methyl sites for hydroxylation is 1. The summed E-state index contributed by atoms with van der Waals surface area (Å²) < 4.78 is 0. The first-order valence-electron chi connectivity index (χ1n) is 6.16. The topological polar surface area (TPSA) is 12.9 Å². The van der Waals surface area contributed by atoms with Gasteiger partial charge in [0.2, 0.25) is 0 Å². The van der Waals surface area contributed by atoms with Gasteiger partial charge in [0.05, 0.1) is 5.52 Å². The Labute approximate surface area is 100 Å². The van der Waals surface area contributed by atoms with Crippen molar-refractivity contribution in [3.05, 3.63) is 53.2 Å². The average molecular weight is 219 g/mol. The number of fused-ring (bicyclic) bond motifs is 3. The van der Waals surface area contributed by atoms with Crippen molar-refractivity contribution in [1.82, 2.24) is 4.98 Å². The molecule has 0 saturated heterocycles. The monoisotopic (exact) mass is 219 g/mol. The Morgan fingerprint density at radius 1 is 1.00 bits per heavy atom. The van der Waals surface area contributed by atoms with Crippen LogP contribution in [-0.4, -0.2) is 4.98 Å². The standard InChI is InChI=1S/C16H13N/c1-10-9-14-12-6-3-2-5-11(12)13-7-4-8-15(17-10)16(13)14/h4-9H,2-3H2,1H3. The number of allylic oxidation sites excluding steroid dienone is 4. The van der Waals surface area contributed by atoms with Crippen LogP contribution in [0.25, 0.3) is 22.0 Å². The fraction of sp³-hybridized carbons (Fsp3) is 0.188. The van der Waals surface area contributed by atoms with Gasteiger partial charge in [0.25, 0.3) is 0 Å². The lowest BCUT2D eigenvalue weighted by Crippen LogP contribution is -1.88. The van der Waals surface area contributed by atoms with Gasteiger partial charge in [0.15, 0.2) is 0 Å². The smallest absolute Gasteiger partial charge is 0.0717 e. The lowest BCUT2D eigenvalue weighted by molar-refractivity contribution is 1.05. The van der Waals surface area contributed by atoms with Gasteiger partial charge in [0, 0.05) is 11.1 Å². The van der Waals surface area contributed by atoms with E-state index in [1.165, 1.54) is 27.7 Å². The van der Waals surface area contributed by atoms with Gasteiger partial charge in [-0.15, -0.1) is 0 Å². The molecule has 0 bridgehead atoms. The van der Waals surface area contributed by atoms with Crippen LogP contribution in [0.1, 0.15) is 29.7 Å². The summed E-state index contributed by atoms with van der Waals surface area (Å²) in [4.78, 5) is 4.64. The largest absolute Gasteiger partial charge is 0.253 e. The minimum absolute atomic E-state index is 1.11. The van der Waals surface area contributed by atoms with Crippen molar-refractivity contribution in [1.29, 1.82) is 0 Å². The molecule has 0 spiro atoms. The Morgan fingerprint density at radius 3 is 2.59 bits per heavy atom. The van der Waals surface area contributed by atoms with Crippen molar-refractivity contribution in [3.8, 4) is 0 Å². The average Bonchev–Trinajstić information content (AvgIpc) is 2.67. The van der Waals surface area contributed by atoms with E-state index in [9.17, 15) is 0 Å². The van der Waals surface area contributed by atoms with E-state index in [4.69, 9.17) is 0 Å². The van der Waals surface area contributed by atoms with Gasteiger partial charge < -0.3 is 0 Å². The van der Waals surface area contributed by atoms with Gasteiger partial charge >= 0.3 is 0 Å². The molecule has 1 aromatic heterocycles. The lowest BCUT2D eigenvalue weighted by Gasteiger charge is -2.09. The highest BCUT2D eigenvalue weighted by atomic mass is 14.7. The summed E-state index contributed by atoms with van der Waals surface area (Å²) in [5.74, 6) is 0. The number of hydrogen-bond acceptors (Lipinski definition) is 1. The van der Waals surface area contributed by atoms with Crippen LogP contribution in [0.4, 0.5) is 0 Å². The number of hydrogen-bond donors (Lipinski definition) is 0. The van der Waals surface area contributed by atoms with Crippen molar-refractivity contribution < 1.29 is 0 Å². The number of nitrogens with zero attached hydrogens (tertiary/aromatic N) is 1. The van der Waals surface area contributed by atoms with E-state index in [1.807, 2.05) is 0 Å². The molecule has 2 aliphatic carbocycles. The molecule has 0 unspecified atom stereocenters. The maximum Gasteiger partial charge on any atom is 0.0717 e. The molecule has 82 valence electrons. The lowest BCUT2D eigenvalue weighted by atomic mass is 9.96. The van der Waals surface area contributed by atoms with Gasteiger partial charge in [-0.2, -0.15) is 0 Å². The third kappa shape index (κ3) is 1.11. The van der Waals surface area contributed by atoms with E-state index in [1.54, 1.807) is 0 Å². The Kier molecular flexibility index (Phi) is 1.66. The summed E-state index contributed by atoms with van der Waals surface area (Å²) in [7, 11) is 0. The number of benzene rings is 1. The van der Waals surface area contributed by atoms with Gasteiger partial charge in [0.1, 0.15) is 0 Å². The minimum Gasteiger partial charge on any atom is -0.253 e. The molecule has 2 aliphatic rings. The van der Waals surface area contributed by atoms with E-state index in [-0.39, 0.29) is 0 Å². The highest BCUT2D eigenvalue weighted by Crippen LogP contribution is 2.47. The van der Waals surface area contributed by atoms with Crippen LogP contribution in [0.2, 0.25) is 0 Å². The molecule has 2 aromatic rings. The van der Waals surface area contributed by atoms with Gasteiger partial charge in [-0.25, -0.2) is 0 Å². The fourth-order valence-electron chi connectivity index (χ4n) is 3.04. The predicted molar refractivity (Wildman–Crippen MR) is 71.7 cm³/mol. The third-order valence-corrected chi connectivity index (χ3v) is 3.70. The second-order valence-electron chi connectivity index (χ2n) is 4.82.